The molecule has 8 heteroatoms. The van der Waals surface area contributed by atoms with Gasteiger partial charge in [0.25, 0.3) is 5.91 Å². The Morgan fingerprint density at radius 3 is 2.62 bits per heavy atom. The lowest BCUT2D eigenvalue weighted by Gasteiger charge is -2.11. The van der Waals surface area contributed by atoms with E-state index in [0.717, 1.165) is 5.56 Å². The molecule has 8 nitrogen and oxygen atoms in total. The largest absolute Gasteiger partial charge is 0.495 e. The molecule has 138 valence electrons. The maximum atomic E-state index is 12.0. The van der Waals surface area contributed by atoms with E-state index in [2.05, 4.69) is 16.0 Å². The van der Waals surface area contributed by atoms with Crippen LogP contribution in [0.15, 0.2) is 41.2 Å². The number of rotatable bonds is 8. The molecule has 0 aliphatic carbocycles. The molecular weight excluding hydrogens is 338 g/mol. The normalized spacial score (nSPS) is 10.1. The molecule has 1 heterocycles. The van der Waals surface area contributed by atoms with Gasteiger partial charge in [0.15, 0.2) is 0 Å². The van der Waals surface area contributed by atoms with E-state index in [-0.39, 0.29) is 37.2 Å². The summed E-state index contributed by atoms with van der Waals surface area (Å²) in [6.07, 6.45) is 2.77. The van der Waals surface area contributed by atoms with Crippen LogP contribution in [0.1, 0.15) is 22.3 Å². The van der Waals surface area contributed by atoms with Crippen molar-refractivity contribution >= 4 is 23.4 Å². The van der Waals surface area contributed by atoms with Crippen LogP contribution in [0.5, 0.6) is 5.75 Å². The fourth-order valence-electron chi connectivity index (χ4n) is 2.17. The minimum atomic E-state index is -0.371. The Hall–Kier alpha value is -3.29. The number of amides is 3. The first kappa shape index (κ1) is 19.0. The summed E-state index contributed by atoms with van der Waals surface area (Å²) in [4.78, 5) is 35.4. The summed E-state index contributed by atoms with van der Waals surface area (Å²) < 4.78 is 9.99. The second-order valence-electron chi connectivity index (χ2n) is 5.55. The number of methoxy groups -OCH3 is 1. The van der Waals surface area contributed by atoms with Crippen molar-refractivity contribution < 1.29 is 23.5 Å². The van der Waals surface area contributed by atoms with Crippen molar-refractivity contribution in [3.8, 4) is 5.75 Å². The molecule has 0 saturated heterocycles. The topological polar surface area (TPSA) is 110 Å². The number of hydrogen-bond acceptors (Lipinski definition) is 5. The van der Waals surface area contributed by atoms with E-state index in [9.17, 15) is 14.4 Å². The van der Waals surface area contributed by atoms with Gasteiger partial charge in [-0.25, -0.2) is 0 Å². The molecule has 0 fully saturated rings. The average Bonchev–Trinajstić information content (AvgIpc) is 3.15. The summed E-state index contributed by atoms with van der Waals surface area (Å²) in [5.74, 6) is -0.499. The van der Waals surface area contributed by atoms with E-state index in [4.69, 9.17) is 9.15 Å². The van der Waals surface area contributed by atoms with Gasteiger partial charge in [0.1, 0.15) is 12.0 Å². The van der Waals surface area contributed by atoms with Crippen molar-refractivity contribution in [3.63, 3.8) is 0 Å². The first-order chi connectivity index (χ1) is 12.5. The van der Waals surface area contributed by atoms with Crippen molar-refractivity contribution in [2.24, 2.45) is 0 Å². The van der Waals surface area contributed by atoms with E-state index in [1.54, 1.807) is 12.1 Å². The molecule has 0 saturated carbocycles. The Bertz CT molecular complexity index is 771. The highest BCUT2D eigenvalue weighted by Gasteiger charge is 2.11. The van der Waals surface area contributed by atoms with E-state index >= 15 is 0 Å². The summed E-state index contributed by atoms with van der Waals surface area (Å²) in [5.41, 5.74) is 1.90. The van der Waals surface area contributed by atoms with Crippen molar-refractivity contribution in [2.45, 2.75) is 13.3 Å². The molecule has 26 heavy (non-hydrogen) atoms. The van der Waals surface area contributed by atoms with Gasteiger partial charge in [-0.05, 0) is 30.7 Å². The maximum Gasteiger partial charge on any atom is 0.254 e. The molecular formula is C18H21N3O5. The number of nitrogens with one attached hydrogen (secondary N) is 3. The monoisotopic (exact) mass is 359 g/mol. The van der Waals surface area contributed by atoms with Crippen molar-refractivity contribution in [1.82, 2.24) is 10.6 Å². The standard InChI is InChI=1S/C18H21N3O5/c1-12-3-4-15(25-2)14(9-12)21-17(23)10-20-16(22)5-7-19-18(24)13-6-8-26-11-13/h3-4,6,8-9,11H,5,7,10H2,1-2H3,(H,19,24)(H,20,22)(H,21,23). The van der Waals surface area contributed by atoms with E-state index in [1.165, 1.54) is 25.7 Å². The summed E-state index contributed by atoms with van der Waals surface area (Å²) in [6, 6.07) is 6.93. The summed E-state index contributed by atoms with van der Waals surface area (Å²) in [7, 11) is 1.51. The smallest absolute Gasteiger partial charge is 0.254 e. The number of carbonyl (C=O) groups is 3. The number of carbonyl (C=O) groups excluding carboxylic acids is 3. The SMILES string of the molecule is COc1ccc(C)cc1NC(=O)CNC(=O)CCNC(=O)c1ccoc1. The van der Waals surface area contributed by atoms with Gasteiger partial charge in [-0.1, -0.05) is 6.07 Å². The highest BCUT2D eigenvalue weighted by Crippen LogP contribution is 2.24. The highest BCUT2D eigenvalue weighted by molar-refractivity contribution is 5.96. The Morgan fingerprint density at radius 2 is 1.92 bits per heavy atom. The van der Waals surface area contributed by atoms with Crippen LogP contribution in [0.2, 0.25) is 0 Å². The third kappa shape index (κ3) is 5.66. The van der Waals surface area contributed by atoms with Gasteiger partial charge in [-0.2, -0.15) is 0 Å². The molecule has 0 unspecified atom stereocenters. The summed E-state index contributed by atoms with van der Waals surface area (Å²) >= 11 is 0. The van der Waals surface area contributed by atoms with E-state index in [0.29, 0.717) is 17.0 Å². The fourth-order valence-corrected chi connectivity index (χ4v) is 2.17. The molecule has 0 aliphatic heterocycles. The number of benzene rings is 1. The molecule has 0 atom stereocenters. The first-order valence-corrected chi connectivity index (χ1v) is 8.01. The number of anilines is 1. The van der Waals surface area contributed by atoms with Gasteiger partial charge in [-0.15, -0.1) is 0 Å². The van der Waals surface area contributed by atoms with Crippen molar-refractivity contribution in [3.05, 3.63) is 47.9 Å². The Labute approximate surface area is 150 Å². The van der Waals surface area contributed by atoms with Crippen LogP contribution in [0, 0.1) is 6.92 Å². The van der Waals surface area contributed by atoms with Crippen LogP contribution in [0.4, 0.5) is 5.69 Å². The van der Waals surface area contributed by atoms with Crippen LogP contribution < -0.4 is 20.7 Å². The quantitative estimate of drug-likeness (QED) is 0.661. The van der Waals surface area contributed by atoms with Crippen LogP contribution in [-0.4, -0.2) is 37.9 Å². The Kier molecular flexibility index (Phi) is 6.78. The fraction of sp³-hybridized carbons (Fsp3) is 0.278. The maximum absolute atomic E-state index is 12.0. The lowest BCUT2D eigenvalue weighted by Crippen LogP contribution is -2.35. The van der Waals surface area contributed by atoms with Crippen molar-refractivity contribution in [2.75, 3.05) is 25.5 Å². The third-order valence-electron chi connectivity index (χ3n) is 3.50. The molecule has 0 radical (unpaired) electrons. The van der Waals surface area contributed by atoms with Crippen molar-refractivity contribution in [1.29, 1.82) is 0 Å². The molecule has 3 N–H and O–H groups in total. The van der Waals surface area contributed by atoms with Gasteiger partial charge >= 0.3 is 0 Å². The van der Waals surface area contributed by atoms with Gasteiger partial charge < -0.3 is 25.1 Å². The van der Waals surface area contributed by atoms with Crippen LogP contribution in [0.3, 0.4) is 0 Å². The number of ether oxygens (including phenoxy) is 1. The number of aryl methyl sites for hydroxylation is 1. The minimum Gasteiger partial charge on any atom is -0.495 e. The zero-order chi connectivity index (χ0) is 18.9. The van der Waals surface area contributed by atoms with Gasteiger partial charge in [0.05, 0.1) is 31.2 Å². The molecule has 0 spiro atoms. The highest BCUT2D eigenvalue weighted by atomic mass is 16.5. The Balaban J connectivity index is 1.71. The summed E-state index contributed by atoms with van der Waals surface area (Å²) in [5, 5.41) is 7.78. The van der Waals surface area contributed by atoms with Crippen LogP contribution in [0.25, 0.3) is 0 Å². The predicted octanol–water partition coefficient (Wildman–Crippen LogP) is 1.47. The molecule has 0 bridgehead atoms. The molecule has 0 aliphatic rings. The Morgan fingerprint density at radius 1 is 1.12 bits per heavy atom. The minimum absolute atomic E-state index is 0.0602. The van der Waals surface area contributed by atoms with E-state index in [1.807, 2.05) is 13.0 Å². The first-order valence-electron chi connectivity index (χ1n) is 8.01. The number of hydrogen-bond donors (Lipinski definition) is 3. The van der Waals surface area contributed by atoms with Crippen LogP contribution in [-0.2, 0) is 9.59 Å². The van der Waals surface area contributed by atoms with Crippen LogP contribution >= 0.6 is 0 Å². The summed E-state index contributed by atoms with van der Waals surface area (Å²) in [6.45, 7) is 1.88. The van der Waals surface area contributed by atoms with E-state index < -0.39 is 0 Å². The predicted molar refractivity (Wildman–Crippen MR) is 95.0 cm³/mol. The average molecular weight is 359 g/mol. The second kappa shape index (κ2) is 9.26. The molecule has 2 aromatic rings. The lowest BCUT2D eigenvalue weighted by atomic mass is 10.2. The van der Waals surface area contributed by atoms with Gasteiger partial charge in [0.2, 0.25) is 11.8 Å². The zero-order valence-electron chi connectivity index (χ0n) is 14.6. The molecule has 1 aromatic heterocycles. The molecule has 1 aromatic carbocycles. The zero-order valence-corrected chi connectivity index (χ0v) is 14.6. The number of furan rings is 1. The van der Waals surface area contributed by atoms with Gasteiger partial charge in [0, 0.05) is 13.0 Å². The molecule has 2 rings (SSSR count). The lowest BCUT2D eigenvalue weighted by molar-refractivity contribution is -0.124. The molecule has 3 amide bonds. The van der Waals surface area contributed by atoms with Gasteiger partial charge in [-0.3, -0.25) is 14.4 Å². The third-order valence-corrected chi connectivity index (χ3v) is 3.50. The second-order valence-corrected chi connectivity index (χ2v) is 5.55.